The smallest absolute Gasteiger partial charge is 0.339 e. The van der Waals surface area contributed by atoms with Crippen LogP contribution in [0.4, 0.5) is 5.69 Å². The fourth-order valence-corrected chi connectivity index (χ4v) is 1.72. The van der Waals surface area contributed by atoms with E-state index in [0.29, 0.717) is 5.76 Å². The summed E-state index contributed by atoms with van der Waals surface area (Å²) in [6.45, 7) is 0.0951. The van der Waals surface area contributed by atoms with E-state index in [1.165, 1.54) is 25.5 Å². The molecule has 0 aliphatic rings. The Morgan fingerprint density at radius 3 is 2.55 bits per heavy atom. The van der Waals surface area contributed by atoms with Crippen molar-refractivity contribution in [1.82, 2.24) is 5.32 Å². The van der Waals surface area contributed by atoms with Crippen LogP contribution in [0.15, 0.2) is 47.1 Å². The zero-order chi connectivity index (χ0) is 15.9. The van der Waals surface area contributed by atoms with Crippen molar-refractivity contribution in [3.05, 3.63) is 54.0 Å². The number of carbonyl (C=O) groups excluding carboxylic acids is 3. The van der Waals surface area contributed by atoms with Crippen LogP contribution in [0.5, 0.6) is 0 Å². The van der Waals surface area contributed by atoms with Crippen molar-refractivity contribution < 1.29 is 23.5 Å². The first-order chi connectivity index (χ1) is 10.6. The zero-order valence-corrected chi connectivity index (χ0v) is 11.8. The lowest BCUT2D eigenvalue weighted by atomic mass is 10.2. The van der Waals surface area contributed by atoms with Crippen LogP contribution in [0.3, 0.4) is 0 Å². The van der Waals surface area contributed by atoms with Crippen LogP contribution < -0.4 is 10.6 Å². The number of nitrogens with one attached hydrogen (secondary N) is 2. The van der Waals surface area contributed by atoms with E-state index in [4.69, 9.17) is 4.42 Å². The molecule has 7 nitrogen and oxygen atoms in total. The van der Waals surface area contributed by atoms with Crippen LogP contribution in [-0.2, 0) is 20.9 Å². The first kappa shape index (κ1) is 15.3. The van der Waals surface area contributed by atoms with Gasteiger partial charge in [-0.2, -0.15) is 0 Å². The van der Waals surface area contributed by atoms with Gasteiger partial charge < -0.3 is 19.8 Å². The number of rotatable bonds is 4. The first-order valence-electron chi connectivity index (χ1n) is 6.40. The van der Waals surface area contributed by atoms with Gasteiger partial charge in [-0.15, -0.1) is 0 Å². The van der Waals surface area contributed by atoms with Crippen molar-refractivity contribution in [3.8, 4) is 0 Å². The van der Waals surface area contributed by atoms with Gasteiger partial charge in [0.15, 0.2) is 0 Å². The van der Waals surface area contributed by atoms with Crippen LogP contribution in [0.2, 0.25) is 0 Å². The molecule has 0 bridgehead atoms. The number of anilines is 1. The van der Waals surface area contributed by atoms with Crippen molar-refractivity contribution >= 4 is 23.5 Å². The molecule has 0 fully saturated rings. The van der Waals surface area contributed by atoms with Gasteiger partial charge >= 0.3 is 17.8 Å². The highest BCUT2D eigenvalue weighted by molar-refractivity contribution is 6.39. The molecule has 0 aliphatic carbocycles. The highest BCUT2D eigenvalue weighted by Crippen LogP contribution is 2.15. The number of esters is 1. The third-order valence-electron chi connectivity index (χ3n) is 2.79. The molecule has 0 saturated carbocycles. The molecule has 0 spiro atoms. The number of benzene rings is 1. The van der Waals surface area contributed by atoms with Crippen molar-refractivity contribution in [1.29, 1.82) is 0 Å². The summed E-state index contributed by atoms with van der Waals surface area (Å²) >= 11 is 0. The highest BCUT2D eigenvalue weighted by Gasteiger charge is 2.18. The van der Waals surface area contributed by atoms with E-state index in [2.05, 4.69) is 15.4 Å². The van der Waals surface area contributed by atoms with Crippen LogP contribution >= 0.6 is 0 Å². The fourth-order valence-electron chi connectivity index (χ4n) is 1.72. The number of carbonyl (C=O) groups is 3. The number of amides is 2. The predicted molar refractivity (Wildman–Crippen MR) is 77.0 cm³/mol. The summed E-state index contributed by atoms with van der Waals surface area (Å²) in [7, 11) is 1.23. The van der Waals surface area contributed by atoms with Crippen molar-refractivity contribution in [2.24, 2.45) is 0 Å². The third-order valence-corrected chi connectivity index (χ3v) is 2.79. The summed E-state index contributed by atoms with van der Waals surface area (Å²) in [5, 5.41) is 4.78. The minimum atomic E-state index is -0.886. The Kier molecular flexibility index (Phi) is 4.92. The number of hydrogen-bond acceptors (Lipinski definition) is 5. The normalized spacial score (nSPS) is 9.86. The van der Waals surface area contributed by atoms with Crippen LogP contribution in [0.1, 0.15) is 16.1 Å². The SMILES string of the molecule is COC(=O)c1ccccc1NC(=O)C(=O)NCc1ccco1. The number of furan rings is 1. The molecule has 0 radical (unpaired) electrons. The van der Waals surface area contributed by atoms with Gasteiger partial charge in [0.2, 0.25) is 0 Å². The van der Waals surface area contributed by atoms with Crippen molar-refractivity contribution in [2.75, 3.05) is 12.4 Å². The van der Waals surface area contributed by atoms with E-state index in [9.17, 15) is 14.4 Å². The Morgan fingerprint density at radius 1 is 1.09 bits per heavy atom. The van der Waals surface area contributed by atoms with E-state index in [0.717, 1.165) is 0 Å². The quantitative estimate of drug-likeness (QED) is 0.655. The standard InChI is InChI=1S/C15H14N2O5/c1-21-15(20)11-6-2-3-7-12(11)17-14(19)13(18)16-9-10-5-4-8-22-10/h2-8H,9H2,1H3,(H,16,18)(H,17,19). The second kappa shape index (κ2) is 7.07. The Balaban J connectivity index is 1.99. The van der Waals surface area contributed by atoms with E-state index in [-0.39, 0.29) is 17.8 Å². The van der Waals surface area contributed by atoms with Gasteiger partial charge in [-0.05, 0) is 24.3 Å². The van der Waals surface area contributed by atoms with Gasteiger partial charge in [0, 0.05) is 0 Å². The Bertz CT molecular complexity index is 679. The van der Waals surface area contributed by atoms with E-state index in [1.54, 1.807) is 24.3 Å². The number of ether oxygens (including phenoxy) is 1. The van der Waals surface area contributed by atoms with Crippen LogP contribution in [-0.4, -0.2) is 24.9 Å². The summed E-state index contributed by atoms with van der Waals surface area (Å²) in [6, 6.07) is 9.59. The monoisotopic (exact) mass is 302 g/mol. The average Bonchev–Trinajstić information content (AvgIpc) is 3.05. The molecule has 0 unspecified atom stereocenters. The molecule has 1 aromatic heterocycles. The van der Waals surface area contributed by atoms with Gasteiger partial charge in [-0.3, -0.25) is 9.59 Å². The molecule has 22 heavy (non-hydrogen) atoms. The minimum Gasteiger partial charge on any atom is -0.467 e. The molecule has 2 amide bonds. The van der Waals surface area contributed by atoms with Gasteiger partial charge in [0.1, 0.15) is 5.76 Å². The second-order valence-electron chi connectivity index (χ2n) is 4.25. The van der Waals surface area contributed by atoms with Crippen molar-refractivity contribution in [3.63, 3.8) is 0 Å². The van der Waals surface area contributed by atoms with E-state index in [1.807, 2.05) is 0 Å². The molecule has 0 saturated heterocycles. The molecule has 2 rings (SSSR count). The Morgan fingerprint density at radius 2 is 1.86 bits per heavy atom. The molecule has 7 heteroatoms. The van der Waals surface area contributed by atoms with E-state index < -0.39 is 17.8 Å². The number of methoxy groups -OCH3 is 1. The summed E-state index contributed by atoms with van der Waals surface area (Å²) in [4.78, 5) is 35.1. The number of para-hydroxylation sites is 1. The summed E-state index contributed by atoms with van der Waals surface area (Å²) in [6.07, 6.45) is 1.47. The van der Waals surface area contributed by atoms with E-state index >= 15 is 0 Å². The maximum absolute atomic E-state index is 11.8. The van der Waals surface area contributed by atoms with Gasteiger partial charge in [-0.25, -0.2) is 4.79 Å². The van der Waals surface area contributed by atoms with Gasteiger partial charge in [-0.1, -0.05) is 12.1 Å². The molecule has 2 aromatic rings. The maximum atomic E-state index is 11.8. The number of hydrogen-bond donors (Lipinski definition) is 2. The summed E-state index contributed by atoms with van der Waals surface area (Å²) in [5.74, 6) is -1.80. The molecular weight excluding hydrogens is 288 g/mol. The summed E-state index contributed by atoms with van der Waals surface area (Å²) in [5.41, 5.74) is 0.365. The molecule has 114 valence electrons. The first-order valence-corrected chi connectivity index (χ1v) is 6.40. The lowest BCUT2D eigenvalue weighted by Crippen LogP contribution is -2.35. The third kappa shape index (κ3) is 3.72. The molecule has 1 heterocycles. The van der Waals surface area contributed by atoms with Crippen molar-refractivity contribution in [2.45, 2.75) is 6.54 Å². The predicted octanol–water partition coefficient (Wildman–Crippen LogP) is 1.32. The lowest BCUT2D eigenvalue weighted by molar-refractivity contribution is -0.136. The summed E-state index contributed by atoms with van der Waals surface area (Å²) < 4.78 is 9.65. The molecule has 2 N–H and O–H groups in total. The molecule has 1 aromatic carbocycles. The molecule has 0 aliphatic heterocycles. The Hall–Kier alpha value is -3.09. The van der Waals surface area contributed by atoms with Crippen LogP contribution in [0, 0.1) is 0 Å². The maximum Gasteiger partial charge on any atom is 0.339 e. The zero-order valence-electron chi connectivity index (χ0n) is 11.8. The molecule has 0 atom stereocenters. The van der Waals surface area contributed by atoms with Crippen LogP contribution in [0.25, 0.3) is 0 Å². The average molecular weight is 302 g/mol. The molecular formula is C15H14N2O5. The second-order valence-corrected chi connectivity index (χ2v) is 4.25. The largest absolute Gasteiger partial charge is 0.467 e. The van der Waals surface area contributed by atoms with Gasteiger partial charge in [0.25, 0.3) is 0 Å². The fraction of sp³-hybridized carbons (Fsp3) is 0.133. The lowest BCUT2D eigenvalue weighted by Gasteiger charge is -2.09. The highest BCUT2D eigenvalue weighted by atomic mass is 16.5. The van der Waals surface area contributed by atoms with Gasteiger partial charge in [0.05, 0.1) is 31.2 Å². The minimum absolute atomic E-state index is 0.0951. The topological polar surface area (TPSA) is 97.6 Å². The Labute approximate surface area is 126 Å².